The Morgan fingerprint density at radius 3 is 2.84 bits per heavy atom. The first-order chi connectivity index (χ1) is 9.08. The first-order valence-corrected chi connectivity index (χ1v) is 6.80. The standard InChI is InChI=1S/C15H19F2NO/c1-10-7-14(17)12(9-13(10)16)15(19)8-11-5-3-2-4-6-18-11/h7,9,11,18H,2-6,8H2,1H3. The van der Waals surface area contributed by atoms with Crippen molar-refractivity contribution in [2.24, 2.45) is 0 Å². The molecule has 1 saturated heterocycles. The van der Waals surface area contributed by atoms with Crippen molar-refractivity contribution >= 4 is 5.78 Å². The molecule has 1 atom stereocenters. The summed E-state index contributed by atoms with van der Waals surface area (Å²) in [5.41, 5.74) is 0.0933. The van der Waals surface area contributed by atoms with Gasteiger partial charge < -0.3 is 5.32 Å². The predicted molar refractivity (Wildman–Crippen MR) is 70.3 cm³/mol. The second kappa shape index (κ2) is 6.24. The van der Waals surface area contributed by atoms with Gasteiger partial charge in [-0.3, -0.25) is 4.79 Å². The van der Waals surface area contributed by atoms with Gasteiger partial charge in [0.05, 0.1) is 5.56 Å². The lowest BCUT2D eigenvalue weighted by Crippen LogP contribution is -2.30. The third-order valence-corrected chi connectivity index (χ3v) is 3.64. The molecule has 1 aliphatic rings. The van der Waals surface area contributed by atoms with Gasteiger partial charge in [-0.1, -0.05) is 12.8 Å². The summed E-state index contributed by atoms with van der Waals surface area (Å²) in [4.78, 5) is 12.1. The lowest BCUT2D eigenvalue weighted by Gasteiger charge is -2.15. The molecule has 1 fully saturated rings. The zero-order valence-electron chi connectivity index (χ0n) is 11.1. The lowest BCUT2D eigenvalue weighted by atomic mass is 9.99. The van der Waals surface area contributed by atoms with Gasteiger partial charge in [0.15, 0.2) is 5.78 Å². The van der Waals surface area contributed by atoms with Gasteiger partial charge in [-0.2, -0.15) is 0 Å². The molecule has 104 valence electrons. The molecule has 4 heteroatoms. The van der Waals surface area contributed by atoms with E-state index in [9.17, 15) is 13.6 Å². The summed E-state index contributed by atoms with van der Waals surface area (Å²) in [6, 6.07) is 2.19. The number of hydrogen-bond acceptors (Lipinski definition) is 2. The van der Waals surface area contributed by atoms with Crippen molar-refractivity contribution in [3.63, 3.8) is 0 Å². The Labute approximate surface area is 112 Å². The largest absolute Gasteiger partial charge is 0.314 e. The highest BCUT2D eigenvalue weighted by molar-refractivity contribution is 5.96. The van der Waals surface area contributed by atoms with Crippen LogP contribution in [0.3, 0.4) is 0 Å². The van der Waals surface area contributed by atoms with Gasteiger partial charge in [-0.05, 0) is 44.0 Å². The zero-order chi connectivity index (χ0) is 13.8. The molecule has 1 heterocycles. The van der Waals surface area contributed by atoms with Crippen LogP contribution in [0.2, 0.25) is 0 Å². The van der Waals surface area contributed by atoms with Crippen LogP contribution in [0.15, 0.2) is 12.1 Å². The van der Waals surface area contributed by atoms with E-state index in [1.807, 2.05) is 0 Å². The van der Waals surface area contributed by atoms with E-state index < -0.39 is 11.6 Å². The van der Waals surface area contributed by atoms with E-state index in [0.717, 1.165) is 44.4 Å². The van der Waals surface area contributed by atoms with Gasteiger partial charge in [-0.15, -0.1) is 0 Å². The molecular weight excluding hydrogens is 248 g/mol. The number of benzene rings is 1. The minimum atomic E-state index is -0.627. The van der Waals surface area contributed by atoms with E-state index in [4.69, 9.17) is 0 Å². The minimum Gasteiger partial charge on any atom is -0.314 e. The third kappa shape index (κ3) is 3.60. The van der Waals surface area contributed by atoms with Crippen LogP contribution in [0.5, 0.6) is 0 Å². The molecule has 2 rings (SSSR count). The summed E-state index contributed by atoms with van der Waals surface area (Å²) in [6.45, 7) is 2.38. The Bertz CT molecular complexity index is 465. The summed E-state index contributed by atoms with van der Waals surface area (Å²) in [5.74, 6) is -1.48. The number of Topliss-reactive ketones (excluding diaryl/α,β-unsaturated/α-hetero) is 1. The molecule has 2 nitrogen and oxygen atoms in total. The van der Waals surface area contributed by atoms with Crippen molar-refractivity contribution < 1.29 is 13.6 Å². The first kappa shape index (κ1) is 14.1. The highest BCUT2D eigenvalue weighted by Gasteiger charge is 2.20. The lowest BCUT2D eigenvalue weighted by molar-refractivity contribution is 0.0963. The molecule has 1 N–H and O–H groups in total. The van der Waals surface area contributed by atoms with E-state index in [2.05, 4.69) is 5.32 Å². The fraction of sp³-hybridized carbons (Fsp3) is 0.533. The van der Waals surface area contributed by atoms with Crippen LogP contribution in [-0.2, 0) is 0 Å². The Kier molecular flexibility index (Phi) is 4.64. The Morgan fingerprint density at radius 1 is 1.26 bits per heavy atom. The van der Waals surface area contributed by atoms with E-state index in [1.54, 1.807) is 0 Å². The van der Waals surface area contributed by atoms with Crippen molar-refractivity contribution in [3.8, 4) is 0 Å². The van der Waals surface area contributed by atoms with Crippen molar-refractivity contribution in [2.75, 3.05) is 6.54 Å². The van der Waals surface area contributed by atoms with Crippen LogP contribution in [0.4, 0.5) is 8.78 Å². The molecule has 1 aromatic rings. The van der Waals surface area contributed by atoms with E-state index in [1.165, 1.54) is 6.92 Å². The fourth-order valence-corrected chi connectivity index (χ4v) is 2.47. The summed E-state index contributed by atoms with van der Waals surface area (Å²) in [5, 5.41) is 3.29. The normalized spacial score (nSPS) is 20.1. The maximum Gasteiger partial charge on any atom is 0.167 e. The van der Waals surface area contributed by atoms with Gasteiger partial charge in [0, 0.05) is 12.5 Å². The Balaban J connectivity index is 2.08. The monoisotopic (exact) mass is 267 g/mol. The summed E-state index contributed by atoms with van der Waals surface area (Å²) in [6.07, 6.45) is 4.50. The second-order valence-corrected chi connectivity index (χ2v) is 5.21. The van der Waals surface area contributed by atoms with Crippen LogP contribution in [0.25, 0.3) is 0 Å². The number of carbonyl (C=O) groups excluding carboxylic acids is 1. The van der Waals surface area contributed by atoms with E-state index in [-0.39, 0.29) is 29.4 Å². The molecule has 0 saturated carbocycles. The van der Waals surface area contributed by atoms with Crippen molar-refractivity contribution in [1.29, 1.82) is 0 Å². The van der Waals surface area contributed by atoms with Crippen LogP contribution in [0.1, 0.15) is 48.0 Å². The van der Waals surface area contributed by atoms with Crippen LogP contribution >= 0.6 is 0 Å². The number of ketones is 1. The van der Waals surface area contributed by atoms with Gasteiger partial charge in [0.1, 0.15) is 11.6 Å². The number of nitrogens with one attached hydrogen (secondary N) is 1. The quantitative estimate of drug-likeness (QED) is 0.851. The molecule has 1 aliphatic heterocycles. The smallest absolute Gasteiger partial charge is 0.167 e. The van der Waals surface area contributed by atoms with Gasteiger partial charge in [0.25, 0.3) is 0 Å². The van der Waals surface area contributed by atoms with Gasteiger partial charge in [0.2, 0.25) is 0 Å². The average Bonchev–Trinajstić information content (AvgIpc) is 2.62. The predicted octanol–water partition coefficient (Wildman–Crippen LogP) is 3.38. The minimum absolute atomic E-state index is 0.0822. The fourth-order valence-electron chi connectivity index (χ4n) is 2.47. The van der Waals surface area contributed by atoms with Crippen molar-refractivity contribution in [2.45, 2.75) is 45.1 Å². The van der Waals surface area contributed by atoms with Gasteiger partial charge >= 0.3 is 0 Å². The molecular formula is C15H19F2NO. The summed E-state index contributed by atoms with van der Waals surface area (Å²) in [7, 11) is 0. The topological polar surface area (TPSA) is 29.1 Å². The zero-order valence-corrected chi connectivity index (χ0v) is 11.1. The average molecular weight is 267 g/mol. The molecule has 0 bridgehead atoms. The SMILES string of the molecule is Cc1cc(F)c(C(=O)CC2CCCCCN2)cc1F. The van der Waals surface area contributed by atoms with Crippen LogP contribution in [-0.4, -0.2) is 18.4 Å². The van der Waals surface area contributed by atoms with Crippen LogP contribution < -0.4 is 5.32 Å². The third-order valence-electron chi connectivity index (χ3n) is 3.64. The van der Waals surface area contributed by atoms with Crippen molar-refractivity contribution in [1.82, 2.24) is 5.32 Å². The summed E-state index contributed by atoms with van der Waals surface area (Å²) >= 11 is 0. The molecule has 19 heavy (non-hydrogen) atoms. The molecule has 0 amide bonds. The number of carbonyl (C=O) groups is 1. The van der Waals surface area contributed by atoms with E-state index in [0.29, 0.717) is 0 Å². The molecule has 0 aromatic heterocycles. The number of aryl methyl sites for hydroxylation is 1. The number of hydrogen-bond donors (Lipinski definition) is 1. The highest BCUT2D eigenvalue weighted by atomic mass is 19.1. The number of rotatable bonds is 3. The first-order valence-electron chi connectivity index (χ1n) is 6.80. The molecule has 1 unspecified atom stereocenters. The van der Waals surface area contributed by atoms with Crippen molar-refractivity contribution in [3.05, 3.63) is 34.9 Å². The molecule has 0 aliphatic carbocycles. The number of halogens is 2. The maximum absolute atomic E-state index is 13.7. The Hall–Kier alpha value is -1.29. The van der Waals surface area contributed by atoms with E-state index >= 15 is 0 Å². The molecule has 0 spiro atoms. The van der Waals surface area contributed by atoms with Gasteiger partial charge in [-0.25, -0.2) is 8.78 Å². The summed E-state index contributed by atoms with van der Waals surface area (Å²) < 4.78 is 27.1. The Morgan fingerprint density at radius 2 is 2.05 bits per heavy atom. The maximum atomic E-state index is 13.7. The molecule has 0 radical (unpaired) electrons. The molecule has 1 aromatic carbocycles. The highest BCUT2D eigenvalue weighted by Crippen LogP contribution is 2.18. The van der Waals surface area contributed by atoms with Crippen LogP contribution in [0, 0.1) is 18.6 Å². The second-order valence-electron chi connectivity index (χ2n) is 5.21.